The van der Waals surface area contributed by atoms with E-state index in [9.17, 15) is 13.2 Å². The van der Waals surface area contributed by atoms with Gasteiger partial charge < -0.3 is 10.1 Å². The molecule has 4 rings (SSSR count). The van der Waals surface area contributed by atoms with Crippen LogP contribution < -0.4 is 14.8 Å². The average molecular weight is 362 g/mol. The van der Waals surface area contributed by atoms with E-state index in [1.807, 2.05) is 6.07 Å². The number of nitrogens with one attached hydrogen (secondary N) is 3. The lowest BCUT2D eigenvalue weighted by molar-refractivity contribution is -0.122. The van der Waals surface area contributed by atoms with Crippen molar-refractivity contribution in [2.75, 3.05) is 5.32 Å². The Morgan fingerprint density at radius 3 is 2.88 bits per heavy atom. The number of aromatic amines is 1. The van der Waals surface area contributed by atoms with Crippen LogP contribution in [0.1, 0.15) is 37.1 Å². The normalized spacial score (nSPS) is 19.9. The van der Waals surface area contributed by atoms with E-state index in [-0.39, 0.29) is 17.3 Å². The number of aromatic nitrogens is 2. The molecule has 8 nitrogen and oxygen atoms in total. The number of benzene rings is 1. The van der Waals surface area contributed by atoms with Gasteiger partial charge >= 0.3 is 0 Å². The molecule has 0 bridgehead atoms. The number of anilines is 1. The summed E-state index contributed by atoms with van der Waals surface area (Å²) < 4.78 is 33.0. The minimum atomic E-state index is -3.72. The van der Waals surface area contributed by atoms with E-state index in [0.29, 0.717) is 23.0 Å². The van der Waals surface area contributed by atoms with Crippen LogP contribution in [-0.4, -0.2) is 30.6 Å². The number of sulfonamides is 1. The van der Waals surface area contributed by atoms with Crippen molar-refractivity contribution in [1.82, 2.24) is 14.9 Å². The molecular formula is C16H18N4O4S. The first-order valence-electron chi connectivity index (χ1n) is 8.08. The highest BCUT2D eigenvalue weighted by Gasteiger charge is 2.27. The standard InChI is InChI=1S/C16H18N4O4S/c1-9-16(21)18-14-7-12(4-5-15(14)24-9)25(22,23)17-8-11-6-13(20-19-11)10-2-3-10/h4-7,9-10,17H,2-3,8H2,1H3,(H,18,21)(H,19,20)/t9-/m1/s1. The molecule has 0 unspecified atom stereocenters. The minimum absolute atomic E-state index is 0.0617. The van der Waals surface area contributed by atoms with E-state index in [4.69, 9.17) is 4.74 Å². The van der Waals surface area contributed by atoms with Gasteiger partial charge in [-0.3, -0.25) is 9.89 Å². The number of carbonyl (C=O) groups excluding carboxylic acids is 1. The lowest BCUT2D eigenvalue weighted by Crippen LogP contribution is -2.34. The van der Waals surface area contributed by atoms with Gasteiger partial charge in [0.05, 0.1) is 28.5 Å². The molecule has 1 aromatic carbocycles. The highest BCUT2D eigenvalue weighted by atomic mass is 32.2. The molecule has 132 valence electrons. The van der Waals surface area contributed by atoms with Gasteiger partial charge in [-0.2, -0.15) is 5.10 Å². The second kappa shape index (κ2) is 5.85. The predicted molar refractivity (Wildman–Crippen MR) is 89.7 cm³/mol. The molecule has 1 atom stereocenters. The third-order valence-electron chi connectivity index (χ3n) is 4.29. The largest absolute Gasteiger partial charge is 0.479 e. The number of carbonyl (C=O) groups is 1. The van der Waals surface area contributed by atoms with Gasteiger partial charge in [0.15, 0.2) is 6.10 Å². The van der Waals surface area contributed by atoms with Crippen molar-refractivity contribution in [1.29, 1.82) is 0 Å². The molecule has 1 aromatic heterocycles. The maximum atomic E-state index is 12.5. The van der Waals surface area contributed by atoms with Gasteiger partial charge in [0, 0.05) is 5.92 Å². The first-order valence-corrected chi connectivity index (χ1v) is 9.56. The Labute approximate surface area is 145 Å². The third-order valence-corrected chi connectivity index (χ3v) is 5.69. The van der Waals surface area contributed by atoms with Crippen molar-refractivity contribution in [2.45, 2.75) is 43.2 Å². The molecule has 1 aliphatic heterocycles. The number of fused-ring (bicyclic) bond motifs is 1. The maximum absolute atomic E-state index is 12.5. The molecule has 0 radical (unpaired) electrons. The molecule has 0 spiro atoms. The van der Waals surface area contributed by atoms with Gasteiger partial charge in [0.2, 0.25) is 10.0 Å². The molecule has 3 N–H and O–H groups in total. The molecule has 2 heterocycles. The SMILES string of the molecule is C[C@H]1Oc2ccc(S(=O)(=O)NCc3cc(C4CC4)n[nH]3)cc2NC1=O. The fourth-order valence-corrected chi connectivity index (χ4v) is 3.70. The van der Waals surface area contributed by atoms with Gasteiger partial charge in [0.25, 0.3) is 5.91 Å². The highest BCUT2D eigenvalue weighted by molar-refractivity contribution is 7.89. The highest BCUT2D eigenvalue weighted by Crippen LogP contribution is 2.39. The average Bonchev–Trinajstić information content (AvgIpc) is 3.32. The van der Waals surface area contributed by atoms with Crippen LogP contribution in [0.2, 0.25) is 0 Å². The van der Waals surface area contributed by atoms with Crippen molar-refractivity contribution >= 4 is 21.6 Å². The number of amides is 1. The molecule has 1 aliphatic carbocycles. The molecule has 2 aliphatic rings. The van der Waals surface area contributed by atoms with E-state index in [1.54, 1.807) is 13.0 Å². The van der Waals surface area contributed by atoms with Gasteiger partial charge in [-0.25, -0.2) is 13.1 Å². The van der Waals surface area contributed by atoms with Gasteiger partial charge in [0.1, 0.15) is 5.75 Å². The second-order valence-electron chi connectivity index (χ2n) is 6.32. The minimum Gasteiger partial charge on any atom is -0.479 e. The summed E-state index contributed by atoms with van der Waals surface area (Å²) in [5, 5.41) is 9.70. The number of H-pyrrole nitrogens is 1. The van der Waals surface area contributed by atoms with Crippen LogP contribution in [0.15, 0.2) is 29.2 Å². The van der Waals surface area contributed by atoms with Crippen LogP contribution in [0.5, 0.6) is 5.75 Å². The fourth-order valence-electron chi connectivity index (χ4n) is 2.67. The summed E-state index contributed by atoms with van der Waals surface area (Å²) in [5.41, 5.74) is 2.05. The molecule has 9 heteroatoms. The Balaban J connectivity index is 1.49. The zero-order valence-electron chi connectivity index (χ0n) is 13.6. The molecule has 0 saturated heterocycles. The van der Waals surface area contributed by atoms with E-state index in [0.717, 1.165) is 18.5 Å². The maximum Gasteiger partial charge on any atom is 0.265 e. The van der Waals surface area contributed by atoms with Crippen LogP contribution in [0.25, 0.3) is 0 Å². The number of hydrogen-bond acceptors (Lipinski definition) is 5. The Morgan fingerprint density at radius 1 is 1.32 bits per heavy atom. The molecule has 2 aromatic rings. The predicted octanol–water partition coefficient (Wildman–Crippen LogP) is 1.48. The summed E-state index contributed by atoms with van der Waals surface area (Å²) in [6.45, 7) is 1.75. The molecule has 1 saturated carbocycles. The van der Waals surface area contributed by atoms with E-state index >= 15 is 0 Å². The van der Waals surface area contributed by atoms with Gasteiger partial charge in [-0.15, -0.1) is 0 Å². The monoisotopic (exact) mass is 362 g/mol. The van der Waals surface area contributed by atoms with Crippen LogP contribution in [-0.2, 0) is 21.4 Å². The Kier molecular flexibility index (Phi) is 3.77. The fraction of sp³-hybridized carbons (Fsp3) is 0.375. The zero-order chi connectivity index (χ0) is 17.6. The van der Waals surface area contributed by atoms with Gasteiger partial charge in [-0.1, -0.05) is 0 Å². The lowest BCUT2D eigenvalue weighted by Gasteiger charge is -2.23. The summed E-state index contributed by atoms with van der Waals surface area (Å²) in [6, 6.07) is 6.28. The van der Waals surface area contributed by atoms with Crippen molar-refractivity contribution in [3.8, 4) is 5.75 Å². The Morgan fingerprint density at radius 2 is 2.12 bits per heavy atom. The van der Waals surface area contributed by atoms with E-state index in [1.165, 1.54) is 12.1 Å². The number of nitrogens with zero attached hydrogens (tertiary/aromatic N) is 1. The zero-order valence-corrected chi connectivity index (χ0v) is 14.4. The second-order valence-corrected chi connectivity index (χ2v) is 8.09. The molecular weight excluding hydrogens is 344 g/mol. The molecule has 25 heavy (non-hydrogen) atoms. The summed E-state index contributed by atoms with van der Waals surface area (Å²) in [5.74, 6) is 0.655. The van der Waals surface area contributed by atoms with Crippen molar-refractivity contribution in [2.24, 2.45) is 0 Å². The third kappa shape index (κ3) is 3.24. The summed E-state index contributed by atoms with van der Waals surface area (Å²) >= 11 is 0. The molecule has 1 amide bonds. The summed E-state index contributed by atoms with van der Waals surface area (Å²) in [7, 11) is -3.72. The topological polar surface area (TPSA) is 113 Å². The first kappa shape index (κ1) is 16.1. The van der Waals surface area contributed by atoms with Crippen LogP contribution in [0.4, 0.5) is 5.69 Å². The Bertz CT molecular complexity index is 933. The number of rotatable bonds is 5. The van der Waals surface area contributed by atoms with Crippen molar-refractivity contribution < 1.29 is 17.9 Å². The van der Waals surface area contributed by atoms with Crippen LogP contribution in [0, 0.1) is 0 Å². The summed E-state index contributed by atoms with van der Waals surface area (Å²) in [6.07, 6.45) is 1.67. The van der Waals surface area contributed by atoms with Crippen molar-refractivity contribution in [3.63, 3.8) is 0 Å². The van der Waals surface area contributed by atoms with Crippen LogP contribution >= 0.6 is 0 Å². The quantitative estimate of drug-likeness (QED) is 0.746. The molecule has 1 fully saturated rings. The lowest BCUT2D eigenvalue weighted by atomic mass is 10.2. The smallest absolute Gasteiger partial charge is 0.265 e. The number of hydrogen-bond donors (Lipinski definition) is 3. The number of ether oxygens (including phenoxy) is 1. The first-order chi connectivity index (χ1) is 11.9. The van der Waals surface area contributed by atoms with E-state index < -0.39 is 16.1 Å². The van der Waals surface area contributed by atoms with Gasteiger partial charge in [-0.05, 0) is 44.0 Å². The van der Waals surface area contributed by atoms with Crippen molar-refractivity contribution in [3.05, 3.63) is 35.7 Å². The Hall–Kier alpha value is -2.39. The van der Waals surface area contributed by atoms with E-state index in [2.05, 4.69) is 20.2 Å². The van der Waals surface area contributed by atoms with Crippen LogP contribution in [0.3, 0.4) is 0 Å². The summed E-state index contributed by atoms with van der Waals surface area (Å²) in [4.78, 5) is 11.7.